The number of carboxylic acid groups (broad SMARTS) is 1. The van der Waals surface area contributed by atoms with Gasteiger partial charge in [-0.15, -0.1) is 0 Å². The molecule has 1 aromatic carbocycles. The number of hydrogen-bond acceptors (Lipinski definition) is 2. The molecular weight excluding hydrogens is 299 g/mol. The van der Waals surface area contributed by atoms with E-state index in [4.69, 9.17) is 0 Å². The van der Waals surface area contributed by atoms with Gasteiger partial charge in [-0.1, -0.05) is 6.92 Å². The number of hydrogen-bond donors (Lipinski definition) is 3. The van der Waals surface area contributed by atoms with Crippen LogP contribution in [0.15, 0.2) is 24.3 Å². The Morgan fingerprint density at radius 3 is 2.65 bits per heavy atom. The summed E-state index contributed by atoms with van der Waals surface area (Å²) in [6, 6.07) is 5.73. The van der Waals surface area contributed by atoms with Crippen LogP contribution < -0.4 is 5.32 Å². The summed E-state index contributed by atoms with van der Waals surface area (Å²) >= 11 is 0. The van der Waals surface area contributed by atoms with Gasteiger partial charge in [-0.2, -0.15) is 0 Å². The fourth-order valence-corrected chi connectivity index (χ4v) is 3.16. The highest BCUT2D eigenvalue weighted by molar-refractivity contribution is 6.00. The van der Waals surface area contributed by atoms with Crippen LogP contribution in [0.2, 0.25) is 0 Å². The number of nitrogens with one attached hydrogen (secondary N) is 2. The maximum Gasteiger partial charge on any atom is 0.329 e. The van der Waals surface area contributed by atoms with Crippen molar-refractivity contribution in [1.29, 1.82) is 0 Å². The van der Waals surface area contributed by atoms with Crippen LogP contribution in [-0.2, 0) is 4.79 Å². The molecule has 1 aliphatic rings. The average Bonchev–Trinajstić information content (AvgIpc) is 2.92. The molecule has 1 saturated carbocycles. The second-order valence-electron chi connectivity index (χ2n) is 6.44. The van der Waals surface area contributed by atoms with Crippen LogP contribution in [-0.4, -0.2) is 27.5 Å². The van der Waals surface area contributed by atoms with Crippen LogP contribution >= 0.6 is 0 Å². The van der Waals surface area contributed by atoms with Crippen molar-refractivity contribution in [3.05, 3.63) is 35.8 Å². The summed E-state index contributed by atoms with van der Waals surface area (Å²) in [6.07, 6.45) is 2.38. The van der Waals surface area contributed by atoms with Crippen molar-refractivity contribution in [3.63, 3.8) is 0 Å². The van der Waals surface area contributed by atoms with E-state index in [1.807, 2.05) is 0 Å². The standard InChI is InChI=1S/C17H19FN2O3/c1-10-4-6-17(7-5-10,16(22)23)20-15(21)14-9-11-8-12(18)2-3-13(11)19-14/h2-3,8-10,19H,4-7H2,1H3,(H,20,21)(H,22,23). The second kappa shape index (κ2) is 5.68. The fraction of sp³-hybridized carbons (Fsp3) is 0.412. The zero-order valence-corrected chi connectivity index (χ0v) is 12.9. The Morgan fingerprint density at radius 2 is 2.00 bits per heavy atom. The summed E-state index contributed by atoms with van der Waals surface area (Å²) in [4.78, 5) is 27.1. The smallest absolute Gasteiger partial charge is 0.329 e. The van der Waals surface area contributed by atoms with E-state index in [9.17, 15) is 19.1 Å². The Labute approximate surface area is 132 Å². The minimum Gasteiger partial charge on any atom is -0.480 e. The van der Waals surface area contributed by atoms with Crippen LogP contribution in [0.1, 0.15) is 43.1 Å². The van der Waals surface area contributed by atoms with Gasteiger partial charge in [0.15, 0.2) is 0 Å². The molecule has 2 aromatic rings. The third-order valence-electron chi connectivity index (χ3n) is 4.72. The minimum absolute atomic E-state index is 0.241. The topological polar surface area (TPSA) is 82.2 Å². The molecule has 5 nitrogen and oxygen atoms in total. The lowest BCUT2D eigenvalue weighted by atomic mass is 9.77. The molecule has 0 spiro atoms. The number of fused-ring (bicyclic) bond motifs is 1. The molecule has 1 aromatic heterocycles. The molecule has 1 fully saturated rings. The van der Waals surface area contributed by atoms with E-state index in [-0.39, 0.29) is 11.5 Å². The van der Waals surface area contributed by atoms with Crippen LogP contribution in [0, 0.1) is 11.7 Å². The van der Waals surface area contributed by atoms with E-state index in [2.05, 4.69) is 17.2 Å². The molecule has 1 amide bonds. The highest BCUT2D eigenvalue weighted by atomic mass is 19.1. The molecule has 1 heterocycles. The number of H-pyrrole nitrogens is 1. The monoisotopic (exact) mass is 318 g/mol. The lowest BCUT2D eigenvalue weighted by molar-refractivity contribution is -0.146. The van der Waals surface area contributed by atoms with Gasteiger partial charge in [0.1, 0.15) is 17.1 Å². The molecule has 0 atom stereocenters. The minimum atomic E-state index is -1.22. The number of carboxylic acids is 1. The van der Waals surface area contributed by atoms with E-state index >= 15 is 0 Å². The van der Waals surface area contributed by atoms with Crippen LogP contribution in [0.4, 0.5) is 4.39 Å². The number of aliphatic carboxylic acids is 1. The molecule has 0 saturated heterocycles. The molecule has 6 heteroatoms. The molecule has 3 N–H and O–H groups in total. The molecule has 0 unspecified atom stereocenters. The lowest BCUT2D eigenvalue weighted by Crippen LogP contribution is -2.56. The Kier molecular flexibility index (Phi) is 3.83. The number of aromatic amines is 1. The van der Waals surface area contributed by atoms with Crippen molar-refractivity contribution in [3.8, 4) is 0 Å². The first-order valence-electron chi connectivity index (χ1n) is 7.74. The summed E-state index contributed by atoms with van der Waals surface area (Å²) < 4.78 is 13.2. The van der Waals surface area contributed by atoms with Crippen LogP contribution in [0.25, 0.3) is 10.9 Å². The van der Waals surface area contributed by atoms with Crippen molar-refractivity contribution < 1.29 is 19.1 Å². The SMILES string of the molecule is CC1CCC(NC(=O)c2cc3cc(F)ccc3[nH]2)(C(=O)O)CC1. The first kappa shape index (κ1) is 15.5. The number of carbonyl (C=O) groups is 2. The highest BCUT2D eigenvalue weighted by Gasteiger charge is 2.42. The molecular formula is C17H19FN2O3. The Morgan fingerprint density at radius 1 is 1.30 bits per heavy atom. The number of carbonyl (C=O) groups excluding carboxylic acids is 1. The quantitative estimate of drug-likeness (QED) is 0.813. The third kappa shape index (κ3) is 2.93. The largest absolute Gasteiger partial charge is 0.480 e. The molecule has 3 rings (SSSR count). The van der Waals surface area contributed by atoms with Gasteiger partial charge in [-0.05, 0) is 55.9 Å². The summed E-state index contributed by atoms with van der Waals surface area (Å²) in [6.45, 7) is 2.08. The number of rotatable bonds is 3. The third-order valence-corrected chi connectivity index (χ3v) is 4.72. The normalized spacial score (nSPS) is 24.5. The second-order valence-corrected chi connectivity index (χ2v) is 6.44. The van der Waals surface area contributed by atoms with Gasteiger partial charge >= 0.3 is 5.97 Å². The fourth-order valence-electron chi connectivity index (χ4n) is 3.16. The number of halogens is 1. The Balaban J connectivity index is 1.84. The van der Waals surface area contributed by atoms with Gasteiger partial charge in [0.05, 0.1) is 0 Å². The van der Waals surface area contributed by atoms with Gasteiger partial charge in [-0.25, -0.2) is 9.18 Å². The predicted molar refractivity (Wildman–Crippen MR) is 83.7 cm³/mol. The summed E-state index contributed by atoms with van der Waals surface area (Å²) in [7, 11) is 0. The molecule has 0 radical (unpaired) electrons. The molecule has 23 heavy (non-hydrogen) atoms. The zero-order chi connectivity index (χ0) is 16.6. The van der Waals surface area contributed by atoms with E-state index < -0.39 is 17.4 Å². The Bertz CT molecular complexity index is 760. The predicted octanol–water partition coefficient (Wildman–Crippen LogP) is 3.07. The van der Waals surface area contributed by atoms with Crippen molar-refractivity contribution in [2.24, 2.45) is 5.92 Å². The van der Waals surface area contributed by atoms with Crippen molar-refractivity contribution in [2.75, 3.05) is 0 Å². The zero-order valence-electron chi connectivity index (χ0n) is 12.9. The number of benzene rings is 1. The average molecular weight is 318 g/mol. The van der Waals surface area contributed by atoms with Crippen molar-refractivity contribution in [2.45, 2.75) is 38.1 Å². The molecule has 1 aliphatic carbocycles. The summed E-state index contributed by atoms with van der Waals surface area (Å²) in [5.41, 5.74) is -0.338. The van der Waals surface area contributed by atoms with E-state index in [1.54, 1.807) is 6.07 Å². The van der Waals surface area contributed by atoms with E-state index in [0.29, 0.717) is 29.7 Å². The van der Waals surface area contributed by atoms with Crippen LogP contribution in [0.3, 0.4) is 0 Å². The highest BCUT2D eigenvalue weighted by Crippen LogP contribution is 2.32. The molecule has 0 aliphatic heterocycles. The van der Waals surface area contributed by atoms with Gasteiger partial charge in [0, 0.05) is 10.9 Å². The van der Waals surface area contributed by atoms with Gasteiger partial charge in [0.2, 0.25) is 0 Å². The maximum atomic E-state index is 13.2. The van der Waals surface area contributed by atoms with Crippen LogP contribution in [0.5, 0.6) is 0 Å². The Hall–Kier alpha value is -2.37. The number of aromatic nitrogens is 1. The maximum absolute atomic E-state index is 13.2. The van der Waals surface area contributed by atoms with E-state index in [0.717, 1.165) is 12.8 Å². The first-order chi connectivity index (χ1) is 10.9. The van der Waals surface area contributed by atoms with Gasteiger partial charge in [-0.3, -0.25) is 4.79 Å². The number of amides is 1. The van der Waals surface area contributed by atoms with E-state index in [1.165, 1.54) is 18.2 Å². The summed E-state index contributed by atoms with van der Waals surface area (Å²) in [5.74, 6) is -1.39. The van der Waals surface area contributed by atoms with Gasteiger partial charge in [0.25, 0.3) is 5.91 Å². The first-order valence-corrected chi connectivity index (χ1v) is 7.74. The molecule has 0 bridgehead atoms. The lowest BCUT2D eigenvalue weighted by Gasteiger charge is -2.36. The molecule has 122 valence electrons. The van der Waals surface area contributed by atoms with Crippen molar-refractivity contribution in [1.82, 2.24) is 10.3 Å². The summed E-state index contributed by atoms with van der Waals surface area (Å²) in [5, 5.41) is 12.8. The van der Waals surface area contributed by atoms with Crippen molar-refractivity contribution >= 4 is 22.8 Å². The van der Waals surface area contributed by atoms with Gasteiger partial charge < -0.3 is 15.4 Å².